The molecule has 0 unspecified atom stereocenters. The molecule has 0 amide bonds. The third-order valence-corrected chi connectivity index (χ3v) is 2.40. The lowest BCUT2D eigenvalue weighted by atomic mass is 9.86. The topological polar surface area (TPSA) is 39.2 Å². The minimum Gasteiger partial charge on any atom is -0.441 e. The summed E-state index contributed by atoms with van der Waals surface area (Å²) in [5.41, 5.74) is 7.90. The Morgan fingerprint density at radius 3 is 2.50 bits per heavy atom. The molecule has 0 aliphatic rings. The number of nitrogen functional groups attached to an aromatic ring is 1. The molecule has 74 valence electrons. The highest BCUT2D eigenvalue weighted by Gasteiger charge is 2.14. The molecular formula is C12H15NO. The van der Waals surface area contributed by atoms with E-state index in [4.69, 9.17) is 10.2 Å². The van der Waals surface area contributed by atoms with Gasteiger partial charge in [0.15, 0.2) is 5.88 Å². The zero-order chi connectivity index (χ0) is 10.3. The Labute approximate surface area is 83.7 Å². The van der Waals surface area contributed by atoms with Crippen molar-refractivity contribution in [3.8, 4) is 0 Å². The van der Waals surface area contributed by atoms with Crippen molar-refractivity contribution in [3.63, 3.8) is 0 Å². The fourth-order valence-corrected chi connectivity index (χ4v) is 1.53. The monoisotopic (exact) mass is 189 g/mol. The SMILES string of the molecule is CC(C)(C)c1ccc2oc(N)cc2c1. The summed E-state index contributed by atoms with van der Waals surface area (Å²) in [7, 11) is 0. The molecule has 0 saturated heterocycles. The van der Waals surface area contributed by atoms with Gasteiger partial charge in [0.1, 0.15) is 5.58 Å². The van der Waals surface area contributed by atoms with Gasteiger partial charge in [0.05, 0.1) is 0 Å². The summed E-state index contributed by atoms with van der Waals surface area (Å²) in [5, 5.41) is 1.08. The third-order valence-electron chi connectivity index (χ3n) is 2.40. The second-order valence-electron chi connectivity index (χ2n) is 4.65. The van der Waals surface area contributed by atoms with E-state index in [1.165, 1.54) is 5.56 Å². The van der Waals surface area contributed by atoms with Gasteiger partial charge in [-0.25, -0.2) is 0 Å². The number of anilines is 1. The molecule has 0 fully saturated rings. The van der Waals surface area contributed by atoms with E-state index in [0.29, 0.717) is 5.88 Å². The number of rotatable bonds is 0. The molecule has 1 aromatic carbocycles. The van der Waals surface area contributed by atoms with Gasteiger partial charge in [0.2, 0.25) is 0 Å². The van der Waals surface area contributed by atoms with Crippen molar-refractivity contribution < 1.29 is 4.42 Å². The van der Waals surface area contributed by atoms with Crippen molar-refractivity contribution in [3.05, 3.63) is 29.8 Å². The highest BCUT2D eigenvalue weighted by Crippen LogP contribution is 2.28. The van der Waals surface area contributed by atoms with Gasteiger partial charge in [-0.3, -0.25) is 0 Å². The first kappa shape index (κ1) is 9.13. The molecule has 0 atom stereocenters. The molecule has 0 radical (unpaired) electrons. The van der Waals surface area contributed by atoms with Gasteiger partial charge >= 0.3 is 0 Å². The van der Waals surface area contributed by atoms with Gasteiger partial charge in [0.25, 0.3) is 0 Å². The van der Waals surface area contributed by atoms with Crippen LogP contribution in [-0.4, -0.2) is 0 Å². The molecule has 1 aromatic heterocycles. The molecule has 0 bridgehead atoms. The van der Waals surface area contributed by atoms with Crippen LogP contribution in [0.25, 0.3) is 11.0 Å². The average molecular weight is 189 g/mol. The minimum absolute atomic E-state index is 0.167. The number of hydrogen-bond acceptors (Lipinski definition) is 2. The molecular weight excluding hydrogens is 174 g/mol. The van der Waals surface area contributed by atoms with Gasteiger partial charge in [-0.05, 0) is 23.1 Å². The van der Waals surface area contributed by atoms with Crippen molar-refractivity contribution in [2.75, 3.05) is 5.73 Å². The van der Waals surface area contributed by atoms with Crippen molar-refractivity contribution in [1.82, 2.24) is 0 Å². The predicted octanol–water partition coefficient (Wildman–Crippen LogP) is 3.31. The second-order valence-corrected chi connectivity index (χ2v) is 4.65. The summed E-state index contributed by atoms with van der Waals surface area (Å²) in [6, 6.07) is 8.07. The highest BCUT2D eigenvalue weighted by atomic mass is 16.3. The summed E-state index contributed by atoms with van der Waals surface area (Å²) < 4.78 is 5.31. The van der Waals surface area contributed by atoms with Crippen LogP contribution in [0.1, 0.15) is 26.3 Å². The van der Waals surface area contributed by atoms with Crippen LogP contribution in [0.5, 0.6) is 0 Å². The van der Waals surface area contributed by atoms with E-state index < -0.39 is 0 Å². The lowest BCUT2D eigenvalue weighted by Crippen LogP contribution is -2.10. The lowest BCUT2D eigenvalue weighted by molar-refractivity contribution is 0.590. The minimum atomic E-state index is 0.167. The fraction of sp³-hybridized carbons (Fsp3) is 0.333. The maximum Gasteiger partial charge on any atom is 0.191 e. The van der Waals surface area contributed by atoms with E-state index in [0.717, 1.165) is 11.0 Å². The molecule has 0 aliphatic carbocycles. The molecule has 14 heavy (non-hydrogen) atoms. The lowest BCUT2D eigenvalue weighted by Gasteiger charge is -2.18. The fourth-order valence-electron chi connectivity index (χ4n) is 1.53. The van der Waals surface area contributed by atoms with Crippen molar-refractivity contribution >= 4 is 16.9 Å². The largest absolute Gasteiger partial charge is 0.441 e. The maximum absolute atomic E-state index is 5.58. The Hall–Kier alpha value is -1.44. The van der Waals surface area contributed by atoms with Gasteiger partial charge in [-0.1, -0.05) is 26.8 Å². The predicted molar refractivity (Wildman–Crippen MR) is 59.3 cm³/mol. The van der Waals surface area contributed by atoms with Crippen LogP contribution in [0.3, 0.4) is 0 Å². The highest BCUT2D eigenvalue weighted by molar-refractivity contribution is 5.81. The standard InChI is InChI=1S/C12H15NO/c1-12(2,3)9-4-5-10-8(6-9)7-11(13)14-10/h4-7H,13H2,1-3H3. The maximum atomic E-state index is 5.58. The first-order chi connectivity index (χ1) is 6.47. The molecule has 0 aliphatic heterocycles. The van der Waals surface area contributed by atoms with Crippen molar-refractivity contribution in [1.29, 1.82) is 0 Å². The molecule has 2 aromatic rings. The van der Waals surface area contributed by atoms with Crippen molar-refractivity contribution in [2.45, 2.75) is 26.2 Å². The molecule has 0 saturated carbocycles. The summed E-state index contributed by atoms with van der Waals surface area (Å²) in [6.45, 7) is 6.58. The molecule has 2 heteroatoms. The van der Waals surface area contributed by atoms with Gasteiger partial charge in [-0.2, -0.15) is 0 Å². The van der Waals surface area contributed by atoms with Gasteiger partial charge in [-0.15, -0.1) is 0 Å². The van der Waals surface area contributed by atoms with E-state index in [9.17, 15) is 0 Å². The Morgan fingerprint density at radius 1 is 1.14 bits per heavy atom. The Morgan fingerprint density at radius 2 is 1.86 bits per heavy atom. The normalized spacial score (nSPS) is 12.2. The molecule has 0 spiro atoms. The Kier molecular flexibility index (Phi) is 1.81. The summed E-state index contributed by atoms with van der Waals surface area (Å²) in [5.74, 6) is 0.478. The first-order valence-electron chi connectivity index (χ1n) is 4.76. The van der Waals surface area contributed by atoms with E-state index in [1.807, 2.05) is 12.1 Å². The summed E-state index contributed by atoms with van der Waals surface area (Å²) >= 11 is 0. The molecule has 2 rings (SSSR count). The number of hydrogen-bond donors (Lipinski definition) is 1. The quantitative estimate of drug-likeness (QED) is 0.690. The summed E-state index contributed by atoms with van der Waals surface area (Å²) in [4.78, 5) is 0. The average Bonchev–Trinajstić information content (AvgIpc) is 2.41. The van der Waals surface area contributed by atoms with Crippen LogP contribution in [0.2, 0.25) is 0 Å². The van der Waals surface area contributed by atoms with Gasteiger partial charge < -0.3 is 10.2 Å². The summed E-state index contributed by atoms with van der Waals surface area (Å²) in [6.07, 6.45) is 0. The Bertz CT molecular complexity index is 463. The van der Waals surface area contributed by atoms with E-state index in [1.54, 1.807) is 0 Å². The van der Waals surface area contributed by atoms with Crippen LogP contribution < -0.4 is 5.73 Å². The second kappa shape index (κ2) is 2.77. The number of nitrogens with two attached hydrogens (primary N) is 1. The smallest absolute Gasteiger partial charge is 0.191 e. The van der Waals surface area contributed by atoms with Crippen LogP contribution >= 0.6 is 0 Å². The zero-order valence-electron chi connectivity index (χ0n) is 8.79. The van der Waals surface area contributed by atoms with Crippen LogP contribution in [0.15, 0.2) is 28.7 Å². The van der Waals surface area contributed by atoms with E-state index in [-0.39, 0.29) is 5.41 Å². The van der Waals surface area contributed by atoms with E-state index in [2.05, 4.69) is 32.9 Å². The van der Waals surface area contributed by atoms with Crippen LogP contribution in [0, 0.1) is 0 Å². The molecule has 2 N–H and O–H groups in total. The van der Waals surface area contributed by atoms with Crippen molar-refractivity contribution in [2.24, 2.45) is 0 Å². The third kappa shape index (κ3) is 1.48. The number of benzene rings is 1. The van der Waals surface area contributed by atoms with Gasteiger partial charge in [0, 0.05) is 11.5 Å². The molecule has 1 heterocycles. The Balaban J connectivity index is 2.62. The first-order valence-corrected chi connectivity index (χ1v) is 4.76. The zero-order valence-corrected chi connectivity index (χ0v) is 8.79. The van der Waals surface area contributed by atoms with Crippen LogP contribution in [-0.2, 0) is 5.41 Å². The van der Waals surface area contributed by atoms with Crippen LogP contribution in [0.4, 0.5) is 5.88 Å². The number of furan rings is 1. The molecule has 2 nitrogen and oxygen atoms in total. The number of fused-ring (bicyclic) bond motifs is 1. The van der Waals surface area contributed by atoms with E-state index >= 15 is 0 Å².